The van der Waals surface area contributed by atoms with E-state index in [1.54, 1.807) is 0 Å². The normalized spacial score (nSPS) is 28.5. The molecular weight excluding hydrogens is 326 g/mol. The minimum Gasteiger partial charge on any atom is -0.311 e. The van der Waals surface area contributed by atoms with E-state index >= 15 is 0 Å². The number of nitrogens with one attached hydrogen (secondary N) is 1. The molecule has 1 aliphatic rings. The average molecular weight is 354 g/mol. The topological polar surface area (TPSA) is 28.2 Å². The first-order chi connectivity index (χ1) is 9.98. The van der Waals surface area contributed by atoms with Crippen LogP contribution in [-0.2, 0) is 6.54 Å². The third-order valence-electron chi connectivity index (χ3n) is 5.16. The van der Waals surface area contributed by atoms with Crippen LogP contribution >= 0.6 is 15.9 Å². The van der Waals surface area contributed by atoms with E-state index in [4.69, 9.17) is 0 Å². The fourth-order valence-electron chi connectivity index (χ4n) is 2.95. The number of aromatic nitrogens is 1. The molecule has 1 aromatic heterocycles. The zero-order valence-electron chi connectivity index (χ0n) is 13.7. The summed E-state index contributed by atoms with van der Waals surface area (Å²) in [4.78, 5) is 7.17. The van der Waals surface area contributed by atoms with Gasteiger partial charge in [-0.25, -0.2) is 0 Å². The van der Waals surface area contributed by atoms with Gasteiger partial charge in [-0.05, 0) is 47.3 Å². The van der Waals surface area contributed by atoms with Gasteiger partial charge in [-0.2, -0.15) is 0 Å². The van der Waals surface area contributed by atoms with Crippen LogP contribution in [0.5, 0.6) is 0 Å². The summed E-state index contributed by atoms with van der Waals surface area (Å²) in [7, 11) is 0. The van der Waals surface area contributed by atoms with Crippen LogP contribution in [0, 0.1) is 5.92 Å². The molecule has 3 nitrogen and oxygen atoms in total. The minimum absolute atomic E-state index is 0.221. The molecule has 0 spiro atoms. The number of hydrogen-bond acceptors (Lipinski definition) is 3. The molecule has 0 bridgehead atoms. The van der Waals surface area contributed by atoms with E-state index in [0.717, 1.165) is 36.2 Å². The summed E-state index contributed by atoms with van der Waals surface area (Å²) in [6.45, 7) is 12.4. The maximum absolute atomic E-state index is 4.55. The first kappa shape index (κ1) is 16.9. The molecule has 0 saturated carbocycles. The van der Waals surface area contributed by atoms with E-state index in [-0.39, 0.29) is 5.54 Å². The number of nitrogens with zero attached hydrogens (tertiary/aromatic N) is 2. The summed E-state index contributed by atoms with van der Waals surface area (Å²) >= 11 is 3.46. The van der Waals surface area contributed by atoms with Crippen molar-refractivity contribution in [2.75, 3.05) is 13.1 Å². The first-order valence-corrected chi connectivity index (χ1v) is 8.86. The maximum Gasteiger partial charge on any atom is 0.0545 e. The fourth-order valence-corrected chi connectivity index (χ4v) is 3.18. The molecule has 0 radical (unpaired) electrons. The molecule has 1 aliphatic heterocycles. The Hall–Kier alpha value is -0.450. The Morgan fingerprint density at radius 1 is 1.48 bits per heavy atom. The summed E-state index contributed by atoms with van der Waals surface area (Å²) in [6, 6.07) is 4.80. The van der Waals surface area contributed by atoms with Crippen LogP contribution in [0.2, 0.25) is 0 Å². The van der Waals surface area contributed by atoms with E-state index in [1.807, 2.05) is 6.20 Å². The molecule has 0 aliphatic carbocycles. The summed E-state index contributed by atoms with van der Waals surface area (Å²) in [5, 5.41) is 3.77. The zero-order chi connectivity index (χ0) is 15.5. The predicted octanol–water partition coefficient (Wildman–Crippen LogP) is 3.83. The van der Waals surface area contributed by atoms with Gasteiger partial charge in [0.05, 0.1) is 5.69 Å². The van der Waals surface area contributed by atoms with Crippen molar-refractivity contribution in [1.29, 1.82) is 0 Å². The quantitative estimate of drug-likeness (QED) is 0.871. The van der Waals surface area contributed by atoms with Crippen molar-refractivity contribution >= 4 is 15.9 Å². The van der Waals surface area contributed by atoms with Gasteiger partial charge in [0.2, 0.25) is 0 Å². The highest BCUT2D eigenvalue weighted by Crippen LogP contribution is 2.27. The van der Waals surface area contributed by atoms with Crippen LogP contribution in [0.4, 0.5) is 0 Å². The van der Waals surface area contributed by atoms with Gasteiger partial charge in [0.1, 0.15) is 0 Å². The Labute approximate surface area is 137 Å². The van der Waals surface area contributed by atoms with E-state index in [0.29, 0.717) is 12.0 Å². The van der Waals surface area contributed by atoms with Crippen molar-refractivity contribution in [2.24, 2.45) is 5.92 Å². The number of halogens is 1. The van der Waals surface area contributed by atoms with Crippen LogP contribution in [0.25, 0.3) is 0 Å². The van der Waals surface area contributed by atoms with E-state index < -0.39 is 0 Å². The van der Waals surface area contributed by atoms with Crippen molar-refractivity contribution in [3.8, 4) is 0 Å². The van der Waals surface area contributed by atoms with Crippen LogP contribution in [0.15, 0.2) is 22.8 Å². The van der Waals surface area contributed by atoms with Crippen LogP contribution in [-0.4, -0.2) is 34.6 Å². The SMILES string of the molecule is CCC(C)C1CN(Cc2ccc(Br)cn2)C(C)(CC)CN1. The minimum atomic E-state index is 0.221. The van der Waals surface area contributed by atoms with E-state index in [9.17, 15) is 0 Å². The lowest BCUT2D eigenvalue weighted by Crippen LogP contribution is -2.64. The van der Waals surface area contributed by atoms with Crippen LogP contribution in [0.1, 0.15) is 46.2 Å². The highest BCUT2D eigenvalue weighted by molar-refractivity contribution is 9.10. The number of rotatable bonds is 5. The molecule has 1 aromatic rings. The number of hydrogen-bond donors (Lipinski definition) is 1. The Kier molecular flexibility index (Phi) is 5.81. The fraction of sp³-hybridized carbons (Fsp3) is 0.706. The van der Waals surface area contributed by atoms with Gasteiger partial charge < -0.3 is 5.32 Å². The Morgan fingerprint density at radius 3 is 2.81 bits per heavy atom. The van der Waals surface area contributed by atoms with E-state index in [2.05, 4.69) is 71.0 Å². The van der Waals surface area contributed by atoms with Crippen molar-refractivity contribution < 1.29 is 0 Å². The monoisotopic (exact) mass is 353 g/mol. The van der Waals surface area contributed by atoms with Crippen molar-refractivity contribution in [3.05, 3.63) is 28.5 Å². The molecule has 2 rings (SSSR count). The van der Waals surface area contributed by atoms with Crippen LogP contribution < -0.4 is 5.32 Å². The molecule has 1 N–H and O–H groups in total. The van der Waals surface area contributed by atoms with Gasteiger partial charge in [0, 0.05) is 41.9 Å². The summed E-state index contributed by atoms with van der Waals surface area (Å²) < 4.78 is 1.04. The molecule has 21 heavy (non-hydrogen) atoms. The van der Waals surface area contributed by atoms with Gasteiger partial charge in [-0.3, -0.25) is 9.88 Å². The highest BCUT2D eigenvalue weighted by Gasteiger charge is 2.37. The highest BCUT2D eigenvalue weighted by atomic mass is 79.9. The molecule has 2 heterocycles. The first-order valence-electron chi connectivity index (χ1n) is 8.07. The second-order valence-corrected chi connectivity index (χ2v) is 7.49. The summed E-state index contributed by atoms with van der Waals surface area (Å²) in [6.07, 6.45) is 4.28. The zero-order valence-corrected chi connectivity index (χ0v) is 15.3. The third kappa shape index (κ3) is 4.05. The maximum atomic E-state index is 4.55. The molecule has 4 heteroatoms. The van der Waals surface area contributed by atoms with Crippen molar-refractivity contribution in [3.63, 3.8) is 0 Å². The molecule has 3 unspecified atom stereocenters. The largest absolute Gasteiger partial charge is 0.311 e. The van der Waals surface area contributed by atoms with Crippen molar-refractivity contribution in [1.82, 2.24) is 15.2 Å². The number of pyridine rings is 1. The van der Waals surface area contributed by atoms with Gasteiger partial charge in [0.15, 0.2) is 0 Å². The molecule has 3 atom stereocenters. The lowest BCUT2D eigenvalue weighted by atomic mass is 9.88. The molecular formula is C17H28BrN3. The standard InChI is InChI=1S/C17H28BrN3/c1-5-13(3)16-11-21(17(4,6-2)12-20-16)10-15-8-7-14(18)9-19-15/h7-9,13,16,20H,5-6,10-12H2,1-4H3. The lowest BCUT2D eigenvalue weighted by molar-refractivity contribution is 0.0284. The van der Waals surface area contributed by atoms with E-state index in [1.165, 1.54) is 6.42 Å². The molecule has 1 saturated heterocycles. The second kappa shape index (κ2) is 7.21. The third-order valence-corrected chi connectivity index (χ3v) is 5.63. The van der Waals surface area contributed by atoms with Gasteiger partial charge in [0.25, 0.3) is 0 Å². The summed E-state index contributed by atoms with van der Waals surface area (Å²) in [5.74, 6) is 0.715. The van der Waals surface area contributed by atoms with Gasteiger partial charge in [-0.15, -0.1) is 0 Å². The lowest BCUT2D eigenvalue weighted by Gasteiger charge is -2.49. The van der Waals surface area contributed by atoms with Crippen LogP contribution in [0.3, 0.4) is 0 Å². The predicted molar refractivity (Wildman–Crippen MR) is 92.3 cm³/mol. The second-order valence-electron chi connectivity index (χ2n) is 6.57. The molecule has 0 aromatic carbocycles. The molecule has 118 valence electrons. The number of piperazine rings is 1. The average Bonchev–Trinajstić information content (AvgIpc) is 2.51. The summed E-state index contributed by atoms with van der Waals surface area (Å²) in [5.41, 5.74) is 1.38. The smallest absolute Gasteiger partial charge is 0.0545 e. The molecule has 1 fully saturated rings. The Morgan fingerprint density at radius 2 is 2.24 bits per heavy atom. The molecule has 0 amide bonds. The Balaban J connectivity index is 2.12. The van der Waals surface area contributed by atoms with Crippen molar-refractivity contribution in [2.45, 2.75) is 58.7 Å². The Bertz CT molecular complexity index is 448. The van der Waals surface area contributed by atoms with Gasteiger partial charge >= 0.3 is 0 Å². The van der Waals surface area contributed by atoms with Gasteiger partial charge in [-0.1, -0.05) is 27.2 Å².